The molecule has 0 saturated carbocycles. The Kier molecular flexibility index (Phi) is 3.94. The fourth-order valence-electron chi connectivity index (χ4n) is 1.97. The molecule has 0 fully saturated rings. The largest absolute Gasteiger partial charge is 0.319 e. The summed E-state index contributed by atoms with van der Waals surface area (Å²) < 4.78 is 29.6. The van der Waals surface area contributed by atoms with Gasteiger partial charge in [-0.3, -0.25) is 9.35 Å². The van der Waals surface area contributed by atoms with E-state index in [9.17, 15) is 13.2 Å². The van der Waals surface area contributed by atoms with Crippen LogP contribution in [0.15, 0.2) is 24.3 Å². The van der Waals surface area contributed by atoms with E-state index in [1.165, 1.54) is 0 Å². The van der Waals surface area contributed by atoms with Crippen molar-refractivity contribution >= 4 is 31.5 Å². The highest BCUT2D eigenvalue weighted by Gasteiger charge is 2.23. The maximum Gasteiger partial charge on any atom is 0.319 e. The fraction of sp³-hybridized carbons (Fsp3) is 0.364. The minimum Gasteiger partial charge on any atom is -0.312 e. The highest BCUT2D eigenvalue weighted by atomic mass is 33.1. The molecule has 1 aliphatic heterocycles. The van der Waals surface area contributed by atoms with Crippen molar-refractivity contribution in [3.63, 3.8) is 0 Å². The number of hydrogen-bond acceptors (Lipinski definition) is 4. The molecule has 1 N–H and O–H groups in total. The molecule has 0 saturated heterocycles. The molecular weight excluding hydrogens is 274 g/mol. The highest BCUT2D eigenvalue weighted by molar-refractivity contribution is 8.69. The Morgan fingerprint density at radius 1 is 1.39 bits per heavy atom. The predicted octanol–water partition coefficient (Wildman–Crippen LogP) is 1.50. The fourth-order valence-corrected chi connectivity index (χ4v) is 3.32. The van der Waals surface area contributed by atoms with Gasteiger partial charge < -0.3 is 4.90 Å². The van der Waals surface area contributed by atoms with E-state index in [0.717, 1.165) is 17.7 Å². The average Bonchev–Trinajstić information content (AvgIpc) is 2.70. The van der Waals surface area contributed by atoms with Crippen LogP contribution in [0.1, 0.15) is 12.0 Å². The molecule has 0 radical (unpaired) electrons. The molecule has 5 nitrogen and oxygen atoms in total. The number of para-hydroxylation sites is 1. The van der Waals surface area contributed by atoms with Crippen LogP contribution in [-0.4, -0.2) is 31.2 Å². The quantitative estimate of drug-likeness (QED) is 0.671. The van der Waals surface area contributed by atoms with Crippen LogP contribution in [-0.2, 0) is 20.4 Å². The molecule has 0 atom stereocenters. The molecule has 0 spiro atoms. The monoisotopic (exact) mass is 287 g/mol. The molecule has 0 aliphatic carbocycles. The molecule has 1 amide bonds. The Morgan fingerprint density at radius 2 is 2.11 bits per heavy atom. The van der Waals surface area contributed by atoms with Gasteiger partial charge in [0, 0.05) is 24.4 Å². The Bertz CT molecular complexity index is 556. The lowest BCUT2D eigenvalue weighted by atomic mass is 10.2. The first-order valence-corrected chi connectivity index (χ1v) is 8.42. The van der Waals surface area contributed by atoms with E-state index in [4.69, 9.17) is 4.55 Å². The lowest BCUT2D eigenvalue weighted by molar-refractivity contribution is -0.118. The molecule has 2 rings (SSSR count). The van der Waals surface area contributed by atoms with E-state index >= 15 is 0 Å². The molecule has 1 aliphatic rings. The van der Waals surface area contributed by atoms with Crippen LogP contribution >= 0.6 is 10.8 Å². The third-order valence-electron chi connectivity index (χ3n) is 2.74. The summed E-state index contributed by atoms with van der Waals surface area (Å²) in [5, 5.41) is 0. The van der Waals surface area contributed by atoms with Crippen LogP contribution < -0.4 is 4.90 Å². The van der Waals surface area contributed by atoms with Crippen LogP contribution in [0.2, 0.25) is 0 Å². The summed E-state index contributed by atoms with van der Waals surface area (Å²) in [6, 6.07) is 7.67. The number of benzene rings is 1. The van der Waals surface area contributed by atoms with Crippen molar-refractivity contribution in [1.29, 1.82) is 0 Å². The van der Waals surface area contributed by atoms with E-state index in [1.54, 1.807) is 4.90 Å². The summed E-state index contributed by atoms with van der Waals surface area (Å²) >= 11 is 0. The van der Waals surface area contributed by atoms with Gasteiger partial charge in [-0.25, -0.2) is 0 Å². The first kappa shape index (κ1) is 13.4. The summed E-state index contributed by atoms with van der Waals surface area (Å²) in [6.07, 6.45) is 0.923. The van der Waals surface area contributed by atoms with Crippen LogP contribution in [0.25, 0.3) is 0 Å². The number of hydrogen-bond donors (Lipinski definition) is 1. The minimum absolute atomic E-state index is 0.0658. The first-order valence-electron chi connectivity index (χ1n) is 5.47. The molecule has 0 bridgehead atoms. The first-order chi connectivity index (χ1) is 8.47. The van der Waals surface area contributed by atoms with Gasteiger partial charge in [0.1, 0.15) is 0 Å². The number of carbonyl (C=O) groups excluding carboxylic acids is 1. The second-order valence-electron chi connectivity index (χ2n) is 3.92. The average molecular weight is 287 g/mol. The Morgan fingerprint density at radius 3 is 2.83 bits per heavy atom. The van der Waals surface area contributed by atoms with E-state index in [1.807, 2.05) is 24.3 Å². The van der Waals surface area contributed by atoms with Crippen LogP contribution in [0.5, 0.6) is 0 Å². The van der Waals surface area contributed by atoms with Gasteiger partial charge in [0.25, 0.3) is 0 Å². The Labute approximate surface area is 109 Å². The third kappa shape index (κ3) is 3.24. The standard InChI is InChI=1S/C11H13NO4S2/c13-11(6-8-17-18(14,15)16)12-7-5-9-3-1-2-4-10(9)12/h1-4H,5-8H2,(H,14,15,16). The molecule has 98 valence electrons. The molecule has 0 unspecified atom stereocenters. The van der Waals surface area contributed by atoms with Crippen molar-refractivity contribution < 1.29 is 17.8 Å². The van der Waals surface area contributed by atoms with E-state index in [0.29, 0.717) is 17.3 Å². The van der Waals surface area contributed by atoms with Crippen molar-refractivity contribution in [2.24, 2.45) is 0 Å². The predicted molar refractivity (Wildman–Crippen MR) is 71.1 cm³/mol. The molecule has 18 heavy (non-hydrogen) atoms. The van der Waals surface area contributed by atoms with Crippen LogP contribution in [0, 0.1) is 0 Å². The number of fused-ring (bicyclic) bond motifs is 1. The van der Waals surface area contributed by atoms with Crippen molar-refractivity contribution in [2.75, 3.05) is 17.2 Å². The van der Waals surface area contributed by atoms with Gasteiger partial charge in [-0.15, -0.1) is 0 Å². The van der Waals surface area contributed by atoms with Gasteiger partial charge in [-0.1, -0.05) is 18.2 Å². The van der Waals surface area contributed by atoms with Gasteiger partial charge in [0.2, 0.25) is 5.91 Å². The maximum atomic E-state index is 11.9. The van der Waals surface area contributed by atoms with Crippen molar-refractivity contribution in [3.8, 4) is 0 Å². The number of nitrogens with zero attached hydrogens (tertiary/aromatic N) is 1. The van der Waals surface area contributed by atoms with E-state index < -0.39 is 9.15 Å². The SMILES string of the molecule is O=C(CCSS(=O)(=O)O)N1CCc2ccccc21. The highest BCUT2D eigenvalue weighted by Crippen LogP contribution is 2.28. The normalized spacial score (nSPS) is 14.6. The summed E-state index contributed by atoms with van der Waals surface area (Å²) in [6.45, 7) is 0.634. The number of anilines is 1. The van der Waals surface area contributed by atoms with E-state index in [-0.39, 0.29) is 18.1 Å². The molecule has 1 aromatic carbocycles. The zero-order valence-corrected chi connectivity index (χ0v) is 11.2. The van der Waals surface area contributed by atoms with E-state index in [2.05, 4.69) is 0 Å². The minimum atomic E-state index is -4.06. The topological polar surface area (TPSA) is 74.7 Å². The lowest BCUT2D eigenvalue weighted by Gasteiger charge is -2.16. The molecular formula is C11H13NO4S2. The Hall–Kier alpha value is -1.05. The second kappa shape index (κ2) is 5.29. The summed E-state index contributed by atoms with van der Waals surface area (Å²) in [5.41, 5.74) is 2.03. The molecule has 1 heterocycles. The Balaban J connectivity index is 1.96. The van der Waals surface area contributed by atoms with Gasteiger partial charge in [-0.05, 0) is 28.8 Å². The summed E-state index contributed by atoms with van der Waals surface area (Å²) in [7, 11) is -3.68. The summed E-state index contributed by atoms with van der Waals surface area (Å²) in [4.78, 5) is 13.6. The molecule has 7 heteroatoms. The third-order valence-corrected chi connectivity index (χ3v) is 4.80. The van der Waals surface area contributed by atoms with Gasteiger partial charge in [-0.2, -0.15) is 8.42 Å². The van der Waals surface area contributed by atoms with Crippen molar-refractivity contribution in [2.45, 2.75) is 12.8 Å². The molecule has 1 aromatic rings. The van der Waals surface area contributed by atoms with Crippen molar-refractivity contribution in [3.05, 3.63) is 29.8 Å². The number of amides is 1. The van der Waals surface area contributed by atoms with Crippen LogP contribution in [0.3, 0.4) is 0 Å². The number of rotatable bonds is 4. The smallest absolute Gasteiger partial charge is 0.312 e. The second-order valence-corrected chi connectivity index (χ2v) is 7.39. The molecule has 0 aromatic heterocycles. The zero-order chi connectivity index (χ0) is 13.2. The van der Waals surface area contributed by atoms with Gasteiger partial charge in [0.05, 0.1) is 0 Å². The van der Waals surface area contributed by atoms with Gasteiger partial charge >= 0.3 is 9.15 Å². The van der Waals surface area contributed by atoms with Crippen molar-refractivity contribution in [1.82, 2.24) is 0 Å². The van der Waals surface area contributed by atoms with Gasteiger partial charge in [0.15, 0.2) is 0 Å². The summed E-state index contributed by atoms with van der Waals surface area (Å²) in [5.74, 6) is -0.0489. The van der Waals surface area contributed by atoms with Crippen LogP contribution in [0.4, 0.5) is 5.69 Å². The zero-order valence-electron chi connectivity index (χ0n) is 9.57. The maximum absolute atomic E-state index is 11.9. The lowest BCUT2D eigenvalue weighted by Crippen LogP contribution is -2.29. The number of carbonyl (C=O) groups is 1.